The first-order chi connectivity index (χ1) is 16.0. The van der Waals surface area contributed by atoms with Crippen LogP contribution in [0, 0.1) is 10.1 Å². The average Bonchev–Trinajstić information content (AvgIpc) is 3.50. The molecule has 2 aromatic carbocycles. The standard InChI is InChI=1S/C20H17N5O8/c26-17(10-30-14-4-2-13(3-5-14)25(28)29)21-7-8-22-19(27)20-23-18(24-33-20)12-1-6-15-16(9-12)32-11-31-15/h1-6,9H,7-8,10-11H2,(H,21,26)(H,22,27). The van der Waals surface area contributed by atoms with E-state index in [4.69, 9.17) is 18.7 Å². The summed E-state index contributed by atoms with van der Waals surface area (Å²) in [4.78, 5) is 38.1. The Morgan fingerprint density at radius 2 is 1.82 bits per heavy atom. The Hall–Kier alpha value is -4.68. The number of amides is 2. The number of carbonyl (C=O) groups is 2. The van der Waals surface area contributed by atoms with Crippen LogP contribution in [0.1, 0.15) is 10.7 Å². The Bertz CT molecular complexity index is 1180. The lowest BCUT2D eigenvalue weighted by molar-refractivity contribution is -0.384. The third-order valence-electron chi connectivity index (χ3n) is 4.40. The van der Waals surface area contributed by atoms with Crippen LogP contribution in [0.5, 0.6) is 17.2 Å². The van der Waals surface area contributed by atoms with Crippen molar-refractivity contribution < 1.29 is 33.2 Å². The highest BCUT2D eigenvalue weighted by molar-refractivity contribution is 5.90. The summed E-state index contributed by atoms with van der Waals surface area (Å²) in [6, 6.07) is 10.5. The maximum Gasteiger partial charge on any atom is 0.316 e. The third-order valence-corrected chi connectivity index (χ3v) is 4.40. The maximum absolute atomic E-state index is 12.2. The van der Waals surface area contributed by atoms with Gasteiger partial charge in [0.25, 0.3) is 11.6 Å². The molecule has 0 bridgehead atoms. The van der Waals surface area contributed by atoms with Crippen molar-refractivity contribution >= 4 is 17.5 Å². The first-order valence-corrected chi connectivity index (χ1v) is 9.65. The molecule has 0 radical (unpaired) electrons. The summed E-state index contributed by atoms with van der Waals surface area (Å²) in [5.74, 6) is 0.456. The van der Waals surface area contributed by atoms with Crippen molar-refractivity contribution in [3.05, 3.63) is 58.5 Å². The van der Waals surface area contributed by atoms with Crippen molar-refractivity contribution in [2.75, 3.05) is 26.5 Å². The minimum atomic E-state index is -0.592. The molecule has 1 aliphatic heterocycles. The minimum absolute atomic E-state index is 0.0770. The zero-order valence-corrected chi connectivity index (χ0v) is 17.0. The van der Waals surface area contributed by atoms with Crippen LogP contribution in [-0.2, 0) is 4.79 Å². The number of nitrogens with one attached hydrogen (secondary N) is 2. The van der Waals surface area contributed by atoms with Crippen LogP contribution < -0.4 is 24.8 Å². The Labute approximate surface area is 185 Å². The number of ether oxygens (including phenoxy) is 3. The van der Waals surface area contributed by atoms with Gasteiger partial charge in [-0.3, -0.25) is 19.7 Å². The van der Waals surface area contributed by atoms with Gasteiger partial charge in [-0.2, -0.15) is 4.98 Å². The van der Waals surface area contributed by atoms with Gasteiger partial charge < -0.3 is 29.4 Å². The molecule has 2 heterocycles. The van der Waals surface area contributed by atoms with Crippen LogP contribution >= 0.6 is 0 Å². The van der Waals surface area contributed by atoms with Crippen molar-refractivity contribution in [3.63, 3.8) is 0 Å². The molecule has 2 N–H and O–H groups in total. The van der Waals surface area contributed by atoms with Gasteiger partial charge in [0.05, 0.1) is 4.92 Å². The highest BCUT2D eigenvalue weighted by atomic mass is 16.7. The molecule has 1 aromatic heterocycles. The number of non-ortho nitro benzene ring substituents is 1. The number of hydrogen-bond donors (Lipinski definition) is 2. The second-order valence-electron chi connectivity index (χ2n) is 6.64. The molecule has 0 fully saturated rings. The molecule has 33 heavy (non-hydrogen) atoms. The van der Waals surface area contributed by atoms with Gasteiger partial charge in [0.2, 0.25) is 12.6 Å². The lowest BCUT2D eigenvalue weighted by Gasteiger charge is -2.07. The summed E-state index contributed by atoms with van der Waals surface area (Å²) in [5, 5.41) is 19.5. The monoisotopic (exact) mass is 455 g/mol. The van der Waals surface area contributed by atoms with E-state index in [-0.39, 0.29) is 43.9 Å². The van der Waals surface area contributed by atoms with Crippen LogP contribution in [-0.4, -0.2) is 53.4 Å². The van der Waals surface area contributed by atoms with Crippen molar-refractivity contribution in [2.24, 2.45) is 0 Å². The molecule has 0 saturated heterocycles. The predicted molar refractivity (Wildman–Crippen MR) is 110 cm³/mol. The van der Waals surface area contributed by atoms with E-state index in [2.05, 4.69) is 20.8 Å². The molecule has 0 atom stereocenters. The number of hydrogen-bond acceptors (Lipinski definition) is 10. The fraction of sp³-hybridized carbons (Fsp3) is 0.200. The number of nitro benzene ring substituents is 1. The van der Waals surface area contributed by atoms with Crippen LogP contribution in [0.4, 0.5) is 5.69 Å². The first-order valence-electron chi connectivity index (χ1n) is 9.65. The molecular weight excluding hydrogens is 438 g/mol. The smallest absolute Gasteiger partial charge is 0.316 e. The highest BCUT2D eigenvalue weighted by Crippen LogP contribution is 2.35. The third kappa shape index (κ3) is 5.33. The van der Waals surface area contributed by atoms with Gasteiger partial charge in [-0.25, -0.2) is 0 Å². The molecule has 13 heteroatoms. The second kappa shape index (κ2) is 9.64. The summed E-state index contributed by atoms with van der Waals surface area (Å²) in [6.45, 7) is 0.105. The minimum Gasteiger partial charge on any atom is -0.484 e. The summed E-state index contributed by atoms with van der Waals surface area (Å²) >= 11 is 0. The Morgan fingerprint density at radius 1 is 1.06 bits per heavy atom. The number of aromatic nitrogens is 2. The first kappa shape index (κ1) is 21.5. The Kier molecular flexibility index (Phi) is 6.29. The number of nitrogens with zero attached hydrogens (tertiary/aromatic N) is 3. The largest absolute Gasteiger partial charge is 0.484 e. The molecule has 4 rings (SSSR count). The van der Waals surface area contributed by atoms with E-state index in [9.17, 15) is 19.7 Å². The zero-order valence-electron chi connectivity index (χ0n) is 17.0. The van der Waals surface area contributed by atoms with E-state index in [1.807, 2.05) is 0 Å². The Balaban J connectivity index is 1.18. The number of benzene rings is 2. The van der Waals surface area contributed by atoms with Gasteiger partial charge in [0.15, 0.2) is 18.1 Å². The van der Waals surface area contributed by atoms with E-state index in [0.717, 1.165) is 0 Å². The van der Waals surface area contributed by atoms with Gasteiger partial charge in [0.1, 0.15) is 5.75 Å². The fourth-order valence-electron chi connectivity index (χ4n) is 2.79. The lowest BCUT2D eigenvalue weighted by atomic mass is 10.2. The van der Waals surface area contributed by atoms with Crippen molar-refractivity contribution in [1.29, 1.82) is 0 Å². The molecule has 0 saturated carbocycles. The normalized spacial score (nSPS) is 11.6. The summed E-state index contributed by atoms with van der Waals surface area (Å²) in [5.41, 5.74) is 0.522. The summed E-state index contributed by atoms with van der Waals surface area (Å²) < 4.78 is 20.8. The molecule has 0 spiro atoms. The SMILES string of the molecule is O=C(COc1ccc([N+](=O)[O-])cc1)NCCNC(=O)c1nc(-c2ccc3c(c2)OCO3)no1. The summed E-state index contributed by atoms with van der Waals surface area (Å²) in [6.07, 6.45) is 0. The van der Waals surface area contributed by atoms with Crippen molar-refractivity contribution in [3.8, 4) is 28.6 Å². The van der Waals surface area contributed by atoms with Gasteiger partial charge in [-0.05, 0) is 30.3 Å². The van der Waals surface area contributed by atoms with E-state index in [0.29, 0.717) is 22.8 Å². The molecule has 1 aliphatic rings. The van der Waals surface area contributed by atoms with Crippen LogP contribution in [0.15, 0.2) is 47.0 Å². The van der Waals surface area contributed by atoms with Crippen LogP contribution in [0.3, 0.4) is 0 Å². The van der Waals surface area contributed by atoms with E-state index >= 15 is 0 Å². The average molecular weight is 455 g/mol. The van der Waals surface area contributed by atoms with Crippen molar-refractivity contribution in [1.82, 2.24) is 20.8 Å². The van der Waals surface area contributed by atoms with Crippen LogP contribution in [0.25, 0.3) is 11.4 Å². The lowest BCUT2D eigenvalue weighted by Crippen LogP contribution is -2.36. The van der Waals surface area contributed by atoms with E-state index in [1.54, 1.807) is 18.2 Å². The molecule has 170 valence electrons. The quantitative estimate of drug-likeness (QED) is 0.272. The van der Waals surface area contributed by atoms with Gasteiger partial charge in [-0.15, -0.1) is 0 Å². The molecule has 3 aromatic rings. The molecular formula is C20H17N5O8. The zero-order chi connectivity index (χ0) is 23.2. The molecule has 0 aliphatic carbocycles. The number of nitro groups is 1. The van der Waals surface area contributed by atoms with Gasteiger partial charge >= 0.3 is 11.8 Å². The molecule has 13 nitrogen and oxygen atoms in total. The maximum atomic E-state index is 12.2. The number of fused-ring (bicyclic) bond motifs is 1. The predicted octanol–water partition coefficient (Wildman–Crippen LogP) is 1.30. The Morgan fingerprint density at radius 3 is 2.61 bits per heavy atom. The van der Waals surface area contributed by atoms with Gasteiger partial charge in [0, 0.05) is 30.8 Å². The van der Waals surface area contributed by atoms with Crippen LogP contribution in [0.2, 0.25) is 0 Å². The number of carbonyl (C=O) groups excluding carboxylic acids is 2. The molecule has 2 amide bonds. The van der Waals surface area contributed by atoms with E-state index < -0.39 is 16.7 Å². The van der Waals surface area contributed by atoms with Gasteiger partial charge in [-0.1, -0.05) is 5.16 Å². The van der Waals surface area contributed by atoms with E-state index in [1.165, 1.54) is 24.3 Å². The highest BCUT2D eigenvalue weighted by Gasteiger charge is 2.19. The summed E-state index contributed by atoms with van der Waals surface area (Å²) in [7, 11) is 0. The molecule has 0 unspecified atom stereocenters. The van der Waals surface area contributed by atoms with Crippen molar-refractivity contribution in [2.45, 2.75) is 0 Å². The number of rotatable bonds is 9. The topological polar surface area (TPSA) is 168 Å². The second-order valence-corrected chi connectivity index (χ2v) is 6.64. The fourth-order valence-corrected chi connectivity index (χ4v) is 2.79.